The van der Waals surface area contributed by atoms with E-state index in [0.29, 0.717) is 31.0 Å². The summed E-state index contributed by atoms with van der Waals surface area (Å²) >= 11 is 0. The number of carbonyl (C=O) groups excluding carboxylic acids is 2. The number of piperidine rings is 1. The van der Waals surface area contributed by atoms with Gasteiger partial charge in [0.1, 0.15) is 12.4 Å². The fourth-order valence-electron chi connectivity index (χ4n) is 3.11. The van der Waals surface area contributed by atoms with Gasteiger partial charge in [-0.3, -0.25) is 15.0 Å². The zero-order chi connectivity index (χ0) is 18.4. The molecule has 3 N–H and O–H groups in total. The average Bonchev–Trinajstić information content (AvgIpc) is 2.72. The van der Waals surface area contributed by atoms with Gasteiger partial charge in [0, 0.05) is 18.7 Å². The molecule has 0 bridgehead atoms. The van der Waals surface area contributed by atoms with E-state index in [0.717, 1.165) is 18.4 Å². The van der Waals surface area contributed by atoms with Crippen LogP contribution in [0.25, 0.3) is 0 Å². The number of hydrogen-bond acceptors (Lipinski definition) is 4. The third-order valence-electron chi connectivity index (χ3n) is 4.57. The lowest BCUT2D eigenvalue weighted by Gasteiger charge is -2.31. The molecule has 0 aromatic heterocycles. The molecular weight excluding hydrogens is 330 g/mol. The Balaban J connectivity index is 1.59. The third-order valence-corrected chi connectivity index (χ3v) is 4.57. The second-order valence-corrected chi connectivity index (χ2v) is 6.40. The highest BCUT2D eigenvalue weighted by molar-refractivity contribution is 5.94. The lowest BCUT2D eigenvalue weighted by molar-refractivity contribution is -0.126. The van der Waals surface area contributed by atoms with Crippen LogP contribution in [0.4, 0.5) is 0 Å². The van der Waals surface area contributed by atoms with Crippen LogP contribution in [0.3, 0.4) is 0 Å². The van der Waals surface area contributed by atoms with Gasteiger partial charge in [-0.25, -0.2) is 5.84 Å². The van der Waals surface area contributed by atoms with Crippen molar-refractivity contribution in [1.82, 2.24) is 10.3 Å². The van der Waals surface area contributed by atoms with Crippen LogP contribution in [0.1, 0.15) is 28.8 Å². The molecule has 2 aromatic carbocycles. The molecule has 6 nitrogen and oxygen atoms in total. The molecule has 1 fully saturated rings. The summed E-state index contributed by atoms with van der Waals surface area (Å²) in [7, 11) is 0. The number of benzene rings is 2. The molecule has 136 valence electrons. The molecular formula is C20H23N3O3. The lowest BCUT2D eigenvalue weighted by Crippen LogP contribution is -2.46. The molecule has 1 aliphatic heterocycles. The monoisotopic (exact) mass is 353 g/mol. The van der Waals surface area contributed by atoms with Crippen LogP contribution in [0, 0.1) is 5.92 Å². The van der Waals surface area contributed by atoms with Gasteiger partial charge >= 0.3 is 0 Å². The van der Waals surface area contributed by atoms with Crippen LogP contribution in [-0.2, 0) is 11.4 Å². The summed E-state index contributed by atoms with van der Waals surface area (Å²) in [5, 5.41) is 0. The molecule has 2 amide bonds. The van der Waals surface area contributed by atoms with Crippen molar-refractivity contribution in [3.63, 3.8) is 0 Å². The zero-order valence-electron chi connectivity index (χ0n) is 14.6. The molecule has 1 heterocycles. The molecule has 2 aromatic rings. The second-order valence-electron chi connectivity index (χ2n) is 6.40. The van der Waals surface area contributed by atoms with Crippen LogP contribution < -0.4 is 16.0 Å². The predicted octanol–water partition coefficient (Wildman–Crippen LogP) is 2.11. The molecule has 1 unspecified atom stereocenters. The minimum absolute atomic E-state index is 0.0749. The van der Waals surface area contributed by atoms with E-state index in [2.05, 4.69) is 5.43 Å². The number of hydrazine groups is 1. The molecule has 1 atom stereocenters. The molecule has 1 saturated heterocycles. The number of carbonyl (C=O) groups is 2. The highest BCUT2D eigenvalue weighted by Gasteiger charge is 2.28. The van der Waals surface area contributed by atoms with Gasteiger partial charge < -0.3 is 9.64 Å². The van der Waals surface area contributed by atoms with Crippen molar-refractivity contribution >= 4 is 11.8 Å². The Kier molecular flexibility index (Phi) is 5.86. The third kappa shape index (κ3) is 4.40. The Morgan fingerprint density at radius 1 is 1.12 bits per heavy atom. The fraction of sp³-hybridized carbons (Fsp3) is 0.300. The van der Waals surface area contributed by atoms with Gasteiger partial charge in [0.2, 0.25) is 5.91 Å². The van der Waals surface area contributed by atoms with Crippen molar-refractivity contribution in [3.8, 4) is 5.75 Å². The van der Waals surface area contributed by atoms with Gasteiger partial charge in [-0.2, -0.15) is 0 Å². The molecule has 0 saturated carbocycles. The van der Waals surface area contributed by atoms with Gasteiger partial charge in [-0.05, 0) is 42.7 Å². The largest absolute Gasteiger partial charge is 0.489 e. The van der Waals surface area contributed by atoms with Crippen LogP contribution in [0.15, 0.2) is 54.6 Å². The van der Waals surface area contributed by atoms with Crippen molar-refractivity contribution in [3.05, 3.63) is 65.7 Å². The standard InChI is InChI=1S/C20H23N3O3/c21-22-19(24)17-7-4-12-23(13-17)20(25)16-8-10-18(11-9-16)26-14-15-5-2-1-3-6-15/h1-3,5-6,8-11,17H,4,7,12-14,21H2,(H,22,24). The lowest BCUT2D eigenvalue weighted by atomic mass is 9.97. The first-order valence-electron chi connectivity index (χ1n) is 8.74. The molecule has 0 aliphatic carbocycles. The number of likely N-dealkylation sites (tertiary alicyclic amines) is 1. The van der Waals surface area contributed by atoms with E-state index in [4.69, 9.17) is 10.6 Å². The summed E-state index contributed by atoms with van der Waals surface area (Å²) < 4.78 is 5.74. The average molecular weight is 353 g/mol. The van der Waals surface area contributed by atoms with Crippen LogP contribution in [0.5, 0.6) is 5.75 Å². The Bertz CT molecular complexity index is 747. The molecule has 1 aliphatic rings. The first kappa shape index (κ1) is 17.9. The van der Waals surface area contributed by atoms with Crippen molar-refractivity contribution in [2.24, 2.45) is 11.8 Å². The van der Waals surface area contributed by atoms with E-state index in [-0.39, 0.29) is 17.7 Å². The van der Waals surface area contributed by atoms with Crippen molar-refractivity contribution in [2.75, 3.05) is 13.1 Å². The number of nitrogens with zero attached hydrogens (tertiary/aromatic N) is 1. The van der Waals surface area contributed by atoms with Gasteiger partial charge in [-0.15, -0.1) is 0 Å². The normalized spacial score (nSPS) is 16.8. The summed E-state index contributed by atoms with van der Waals surface area (Å²) in [6, 6.07) is 17.0. The van der Waals surface area contributed by atoms with Gasteiger partial charge in [0.15, 0.2) is 0 Å². The van der Waals surface area contributed by atoms with Crippen molar-refractivity contribution in [2.45, 2.75) is 19.4 Å². The summed E-state index contributed by atoms with van der Waals surface area (Å²) in [4.78, 5) is 26.1. The van der Waals surface area contributed by atoms with Gasteiger partial charge in [-0.1, -0.05) is 30.3 Å². The molecule has 0 radical (unpaired) electrons. The number of rotatable bonds is 5. The van der Waals surface area contributed by atoms with E-state index < -0.39 is 0 Å². The van der Waals surface area contributed by atoms with E-state index in [9.17, 15) is 9.59 Å². The predicted molar refractivity (Wildman–Crippen MR) is 98.2 cm³/mol. The quantitative estimate of drug-likeness (QED) is 0.490. The van der Waals surface area contributed by atoms with Gasteiger partial charge in [0.05, 0.1) is 5.92 Å². The number of nitrogens with one attached hydrogen (secondary N) is 1. The van der Waals surface area contributed by atoms with Crippen molar-refractivity contribution in [1.29, 1.82) is 0 Å². The molecule has 3 rings (SSSR count). The van der Waals surface area contributed by atoms with E-state index in [1.54, 1.807) is 29.2 Å². The Hall–Kier alpha value is -2.86. The Morgan fingerprint density at radius 2 is 1.85 bits per heavy atom. The maximum Gasteiger partial charge on any atom is 0.253 e. The Morgan fingerprint density at radius 3 is 2.54 bits per heavy atom. The molecule has 0 spiro atoms. The minimum atomic E-state index is -0.244. The zero-order valence-corrected chi connectivity index (χ0v) is 14.6. The summed E-state index contributed by atoms with van der Waals surface area (Å²) in [6.07, 6.45) is 1.54. The number of nitrogens with two attached hydrogens (primary N) is 1. The molecule has 26 heavy (non-hydrogen) atoms. The SMILES string of the molecule is NNC(=O)C1CCCN(C(=O)c2ccc(OCc3ccccc3)cc2)C1. The van der Waals surface area contributed by atoms with E-state index in [1.807, 2.05) is 30.3 Å². The Labute approximate surface area is 152 Å². The summed E-state index contributed by atoms with van der Waals surface area (Å²) in [5.41, 5.74) is 3.85. The maximum absolute atomic E-state index is 12.7. The highest BCUT2D eigenvalue weighted by Crippen LogP contribution is 2.20. The topological polar surface area (TPSA) is 84.7 Å². The summed E-state index contributed by atoms with van der Waals surface area (Å²) in [6.45, 7) is 1.53. The first-order chi connectivity index (χ1) is 12.7. The summed E-state index contributed by atoms with van der Waals surface area (Å²) in [5.74, 6) is 5.38. The van der Waals surface area contributed by atoms with E-state index >= 15 is 0 Å². The van der Waals surface area contributed by atoms with Gasteiger partial charge in [0.25, 0.3) is 5.91 Å². The van der Waals surface area contributed by atoms with Crippen LogP contribution in [-0.4, -0.2) is 29.8 Å². The number of amides is 2. The van der Waals surface area contributed by atoms with E-state index in [1.165, 1.54) is 0 Å². The second kappa shape index (κ2) is 8.49. The smallest absolute Gasteiger partial charge is 0.253 e. The number of ether oxygens (including phenoxy) is 1. The molecule has 6 heteroatoms. The maximum atomic E-state index is 12.7. The van der Waals surface area contributed by atoms with Crippen molar-refractivity contribution < 1.29 is 14.3 Å². The highest BCUT2D eigenvalue weighted by atomic mass is 16.5. The first-order valence-corrected chi connectivity index (χ1v) is 8.74. The fourth-order valence-corrected chi connectivity index (χ4v) is 3.11. The number of hydrogen-bond donors (Lipinski definition) is 2. The van der Waals surface area contributed by atoms with Crippen LogP contribution in [0.2, 0.25) is 0 Å². The minimum Gasteiger partial charge on any atom is -0.489 e. The van der Waals surface area contributed by atoms with Crippen LogP contribution >= 0.6 is 0 Å².